The van der Waals surface area contributed by atoms with E-state index in [4.69, 9.17) is 9.84 Å². The van der Waals surface area contributed by atoms with Crippen molar-refractivity contribution in [2.75, 3.05) is 19.6 Å². The molecular weight excluding hydrogens is 222 g/mol. The highest BCUT2D eigenvalue weighted by Gasteiger charge is 2.33. The van der Waals surface area contributed by atoms with Crippen LogP contribution in [0.25, 0.3) is 0 Å². The van der Waals surface area contributed by atoms with Crippen molar-refractivity contribution < 1.29 is 19.4 Å². The van der Waals surface area contributed by atoms with E-state index in [0.717, 1.165) is 26.1 Å². The molecule has 2 rings (SSSR count). The summed E-state index contributed by atoms with van der Waals surface area (Å²) in [6.07, 6.45) is 1.38. The van der Waals surface area contributed by atoms with Crippen molar-refractivity contribution in [1.82, 2.24) is 4.90 Å². The number of ketones is 1. The predicted octanol–water partition coefficient (Wildman–Crippen LogP) is 0.529. The van der Waals surface area contributed by atoms with Gasteiger partial charge < -0.3 is 9.84 Å². The van der Waals surface area contributed by atoms with Crippen LogP contribution in [0, 0.1) is 5.92 Å². The predicted molar refractivity (Wildman–Crippen MR) is 60.8 cm³/mol. The Morgan fingerprint density at radius 3 is 2.88 bits per heavy atom. The Labute approximate surface area is 101 Å². The molecule has 0 saturated carbocycles. The molecule has 0 radical (unpaired) electrons. The minimum atomic E-state index is -0.866. The molecule has 2 aliphatic rings. The molecule has 0 aromatic heterocycles. The molecule has 2 fully saturated rings. The Hall–Kier alpha value is -0.940. The normalized spacial score (nSPS) is 35.1. The van der Waals surface area contributed by atoms with E-state index < -0.39 is 12.1 Å². The van der Waals surface area contributed by atoms with E-state index in [-0.39, 0.29) is 12.0 Å². The molecule has 5 nitrogen and oxygen atoms in total. The van der Waals surface area contributed by atoms with Crippen LogP contribution in [0.2, 0.25) is 0 Å². The van der Waals surface area contributed by atoms with Gasteiger partial charge >= 0.3 is 5.97 Å². The lowest BCUT2D eigenvalue weighted by molar-refractivity contribution is -0.149. The van der Waals surface area contributed by atoms with Crippen molar-refractivity contribution in [2.45, 2.75) is 38.4 Å². The van der Waals surface area contributed by atoms with Crippen LogP contribution in [-0.2, 0) is 14.3 Å². The largest absolute Gasteiger partial charge is 0.479 e. The van der Waals surface area contributed by atoms with Crippen LogP contribution in [-0.4, -0.2) is 53.6 Å². The van der Waals surface area contributed by atoms with Crippen molar-refractivity contribution in [3.05, 3.63) is 0 Å². The average molecular weight is 241 g/mol. The van der Waals surface area contributed by atoms with Crippen LogP contribution < -0.4 is 0 Å². The summed E-state index contributed by atoms with van der Waals surface area (Å²) in [4.78, 5) is 24.3. The standard InChI is InChI=1S/C12H19NO4/c1-8-6-13(5-4-10(8)14)7-9-2-3-11(17-9)12(15)16/h8-9,11H,2-7H2,1H3,(H,15,16). The van der Waals surface area contributed by atoms with Crippen molar-refractivity contribution >= 4 is 11.8 Å². The number of carbonyl (C=O) groups excluding carboxylic acids is 1. The molecule has 3 atom stereocenters. The van der Waals surface area contributed by atoms with Crippen molar-refractivity contribution in [3.8, 4) is 0 Å². The Bertz CT molecular complexity index is 318. The SMILES string of the molecule is CC1CN(CC2CCC(C(=O)O)O2)CCC1=O. The van der Waals surface area contributed by atoms with E-state index in [1.54, 1.807) is 0 Å². The van der Waals surface area contributed by atoms with Crippen LogP contribution in [0.1, 0.15) is 26.2 Å². The summed E-state index contributed by atoms with van der Waals surface area (Å²) in [6.45, 7) is 4.25. The number of nitrogens with zero attached hydrogens (tertiary/aromatic N) is 1. The van der Waals surface area contributed by atoms with E-state index in [0.29, 0.717) is 18.6 Å². The van der Waals surface area contributed by atoms with Gasteiger partial charge in [0.1, 0.15) is 5.78 Å². The minimum Gasteiger partial charge on any atom is -0.479 e. The molecule has 17 heavy (non-hydrogen) atoms. The zero-order chi connectivity index (χ0) is 12.4. The molecule has 3 unspecified atom stereocenters. The zero-order valence-corrected chi connectivity index (χ0v) is 10.1. The lowest BCUT2D eigenvalue weighted by Crippen LogP contribution is -2.43. The number of hydrogen-bond donors (Lipinski definition) is 1. The summed E-state index contributed by atoms with van der Waals surface area (Å²) in [6, 6.07) is 0. The topological polar surface area (TPSA) is 66.8 Å². The fourth-order valence-corrected chi connectivity index (χ4v) is 2.57. The number of carboxylic acids is 1. The number of carboxylic acid groups (broad SMARTS) is 1. The molecular formula is C12H19NO4. The molecule has 2 heterocycles. The maximum atomic E-state index is 11.4. The highest BCUT2D eigenvalue weighted by molar-refractivity contribution is 5.81. The van der Waals surface area contributed by atoms with Crippen LogP contribution in [0.15, 0.2) is 0 Å². The summed E-state index contributed by atoms with van der Waals surface area (Å²) in [5.74, 6) is -0.438. The van der Waals surface area contributed by atoms with Gasteiger partial charge in [0.2, 0.25) is 0 Å². The molecule has 0 aromatic rings. The number of hydrogen-bond acceptors (Lipinski definition) is 4. The maximum Gasteiger partial charge on any atom is 0.332 e. The second-order valence-electron chi connectivity index (χ2n) is 5.04. The molecule has 5 heteroatoms. The Balaban J connectivity index is 1.79. The number of Topliss-reactive ketones (excluding diaryl/α,β-unsaturated/α-hetero) is 1. The lowest BCUT2D eigenvalue weighted by atomic mass is 9.98. The number of piperidine rings is 1. The number of carbonyl (C=O) groups is 2. The molecule has 0 bridgehead atoms. The first kappa shape index (κ1) is 12.5. The van der Waals surface area contributed by atoms with Gasteiger partial charge in [-0.05, 0) is 12.8 Å². The van der Waals surface area contributed by atoms with E-state index in [9.17, 15) is 9.59 Å². The molecule has 96 valence electrons. The van der Waals surface area contributed by atoms with Gasteiger partial charge in [-0.15, -0.1) is 0 Å². The Kier molecular flexibility index (Phi) is 3.79. The van der Waals surface area contributed by atoms with Gasteiger partial charge in [-0.1, -0.05) is 6.92 Å². The summed E-state index contributed by atoms with van der Waals surface area (Å²) in [5.41, 5.74) is 0. The van der Waals surface area contributed by atoms with E-state index >= 15 is 0 Å². The van der Waals surface area contributed by atoms with E-state index in [2.05, 4.69) is 4.90 Å². The highest BCUT2D eigenvalue weighted by atomic mass is 16.5. The van der Waals surface area contributed by atoms with Gasteiger partial charge in [0.05, 0.1) is 6.10 Å². The number of ether oxygens (including phenoxy) is 1. The fraction of sp³-hybridized carbons (Fsp3) is 0.833. The van der Waals surface area contributed by atoms with E-state index in [1.807, 2.05) is 6.92 Å². The Morgan fingerprint density at radius 1 is 1.53 bits per heavy atom. The van der Waals surface area contributed by atoms with Gasteiger partial charge in [0.15, 0.2) is 6.10 Å². The van der Waals surface area contributed by atoms with Gasteiger partial charge in [-0.2, -0.15) is 0 Å². The summed E-state index contributed by atoms with van der Waals surface area (Å²) in [7, 11) is 0. The third-order valence-corrected chi connectivity index (χ3v) is 3.60. The highest BCUT2D eigenvalue weighted by Crippen LogP contribution is 2.22. The molecule has 0 aliphatic carbocycles. The smallest absolute Gasteiger partial charge is 0.332 e. The van der Waals surface area contributed by atoms with Crippen LogP contribution >= 0.6 is 0 Å². The molecule has 0 aromatic carbocycles. The van der Waals surface area contributed by atoms with Gasteiger partial charge in [0, 0.05) is 32.0 Å². The lowest BCUT2D eigenvalue weighted by Gasteiger charge is -2.31. The third-order valence-electron chi connectivity index (χ3n) is 3.60. The molecule has 1 N–H and O–H groups in total. The number of likely N-dealkylation sites (tertiary alicyclic amines) is 1. The monoisotopic (exact) mass is 241 g/mol. The molecule has 2 saturated heterocycles. The minimum absolute atomic E-state index is 0.0107. The fourth-order valence-electron chi connectivity index (χ4n) is 2.57. The first-order valence-corrected chi connectivity index (χ1v) is 6.19. The zero-order valence-electron chi connectivity index (χ0n) is 10.1. The van der Waals surface area contributed by atoms with Gasteiger partial charge in [0.25, 0.3) is 0 Å². The summed E-state index contributed by atoms with van der Waals surface area (Å²) >= 11 is 0. The number of aliphatic carboxylic acids is 1. The summed E-state index contributed by atoms with van der Waals surface area (Å²) in [5, 5.41) is 8.83. The quantitative estimate of drug-likeness (QED) is 0.780. The first-order valence-electron chi connectivity index (χ1n) is 6.19. The van der Waals surface area contributed by atoms with Crippen molar-refractivity contribution in [2.24, 2.45) is 5.92 Å². The second-order valence-corrected chi connectivity index (χ2v) is 5.04. The van der Waals surface area contributed by atoms with E-state index in [1.165, 1.54) is 0 Å². The van der Waals surface area contributed by atoms with Gasteiger partial charge in [-0.3, -0.25) is 9.69 Å². The van der Waals surface area contributed by atoms with Crippen LogP contribution in [0.3, 0.4) is 0 Å². The molecule has 0 spiro atoms. The third kappa shape index (κ3) is 3.04. The van der Waals surface area contributed by atoms with Gasteiger partial charge in [-0.25, -0.2) is 4.79 Å². The average Bonchev–Trinajstić information content (AvgIpc) is 2.72. The first-order chi connectivity index (χ1) is 8.06. The van der Waals surface area contributed by atoms with Crippen molar-refractivity contribution in [1.29, 1.82) is 0 Å². The molecule has 2 aliphatic heterocycles. The van der Waals surface area contributed by atoms with Crippen LogP contribution in [0.5, 0.6) is 0 Å². The Morgan fingerprint density at radius 2 is 2.29 bits per heavy atom. The second kappa shape index (κ2) is 5.14. The molecule has 0 amide bonds. The summed E-state index contributed by atoms with van der Waals surface area (Å²) < 4.78 is 5.46. The maximum absolute atomic E-state index is 11.4. The van der Waals surface area contributed by atoms with Crippen LogP contribution in [0.4, 0.5) is 0 Å². The van der Waals surface area contributed by atoms with Crippen molar-refractivity contribution in [3.63, 3.8) is 0 Å². The number of rotatable bonds is 3.